The fourth-order valence-electron chi connectivity index (χ4n) is 11.5. The van der Waals surface area contributed by atoms with Crippen LogP contribution >= 0.6 is 34.8 Å². The third kappa shape index (κ3) is 16.3. The summed E-state index contributed by atoms with van der Waals surface area (Å²) in [5.74, 6) is -1.08. The van der Waals surface area contributed by atoms with Crippen LogP contribution in [0.3, 0.4) is 0 Å². The van der Waals surface area contributed by atoms with Gasteiger partial charge in [-0.15, -0.1) is 38.5 Å². The summed E-state index contributed by atoms with van der Waals surface area (Å²) in [5, 5.41) is 28.4. The van der Waals surface area contributed by atoms with Crippen LogP contribution in [0, 0.1) is 34.9 Å². The van der Waals surface area contributed by atoms with Gasteiger partial charge in [-0.1, -0.05) is 0 Å². The van der Waals surface area contributed by atoms with Crippen LogP contribution in [-0.4, -0.2) is 176 Å². The normalized spacial score (nSPS) is 16.5. The van der Waals surface area contributed by atoms with Crippen molar-refractivity contribution in [1.29, 1.82) is 0 Å². The molecule has 95 heavy (non-hydrogen) atoms. The average Bonchev–Trinajstić information content (AvgIpc) is 1.62. The van der Waals surface area contributed by atoms with Crippen LogP contribution in [0.25, 0.3) is 67.3 Å². The molecule has 9 heterocycles. The van der Waals surface area contributed by atoms with E-state index in [0.717, 1.165) is 99.3 Å². The molecule has 3 saturated carbocycles. The molecule has 6 aliphatic rings. The largest absolute Gasteiger partial charge is 0.444 e. The van der Waals surface area contributed by atoms with E-state index < -0.39 is 40.5 Å². The number of nitrogens with one attached hydrogen (secondary N) is 1. The molecule has 22 nitrogen and oxygen atoms in total. The van der Waals surface area contributed by atoms with Crippen molar-refractivity contribution in [3.05, 3.63) is 108 Å². The monoisotopic (exact) mass is 1370 g/mol. The van der Waals surface area contributed by atoms with Gasteiger partial charge in [-0.25, -0.2) is 46.1 Å². The minimum Gasteiger partial charge on any atom is -0.444 e. The Kier molecular flexibility index (Phi) is 20.9. The summed E-state index contributed by atoms with van der Waals surface area (Å²) in [7, 11) is 0. The Hall–Kier alpha value is -8.47. The van der Waals surface area contributed by atoms with Gasteiger partial charge in [0, 0.05) is 164 Å². The van der Waals surface area contributed by atoms with Gasteiger partial charge in [-0.3, -0.25) is 9.59 Å². The first-order valence-electron chi connectivity index (χ1n) is 31.1. The summed E-state index contributed by atoms with van der Waals surface area (Å²) < 4.78 is 94.2. The van der Waals surface area contributed by atoms with Gasteiger partial charge < -0.3 is 48.3 Å². The lowest BCUT2D eigenvalue weighted by Crippen LogP contribution is -2.50. The predicted molar refractivity (Wildman–Crippen MR) is 350 cm³/mol. The van der Waals surface area contributed by atoms with Gasteiger partial charge >= 0.3 is 6.09 Å². The van der Waals surface area contributed by atoms with E-state index >= 15 is 0 Å². The number of aromatic nitrogens is 12. The molecule has 2 amide bonds. The summed E-state index contributed by atoms with van der Waals surface area (Å²) in [5.41, 5.74) is 4.88. The second-order valence-electron chi connectivity index (χ2n) is 24.5. The van der Waals surface area contributed by atoms with E-state index in [1.807, 2.05) is 57.6 Å². The molecule has 0 unspecified atom stereocenters. The molecule has 31 heteroatoms. The number of amides is 2. The maximum Gasteiger partial charge on any atom is 0.410 e. The second kappa shape index (κ2) is 29.3. The Morgan fingerprint density at radius 3 is 1.07 bits per heavy atom. The zero-order chi connectivity index (χ0) is 67.4. The van der Waals surface area contributed by atoms with E-state index in [1.54, 1.807) is 30.4 Å². The summed E-state index contributed by atoms with van der Waals surface area (Å²) in [6, 6.07) is 13.6. The molecule has 6 aromatic heterocycles. The highest BCUT2D eigenvalue weighted by Gasteiger charge is 2.34. The van der Waals surface area contributed by atoms with E-state index in [2.05, 4.69) is 77.2 Å². The third-order valence-electron chi connectivity index (χ3n) is 16.4. The summed E-state index contributed by atoms with van der Waals surface area (Å²) in [6.07, 6.45) is 10.5. The maximum absolute atomic E-state index is 13.9. The molecule has 0 atom stereocenters. The number of ether oxygens (including phenoxy) is 1. The molecule has 3 aliphatic carbocycles. The number of halogens is 9. The number of carbonyl (C=O) groups is 3. The van der Waals surface area contributed by atoms with Gasteiger partial charge in [0.2, 0.25) is 11.1 Å². The van der Waals surface area contributed by atoms with Crippen LogP contribution in [0.2, 0.25) is 0 Å². The molecule has 502 valence electrons. The number of benzene rings is 3. The van der Waals surface area contributed by atoms with E-state index in [9.17, 15) is 40.7 Å². The fraction of sp³-hybridized carbons (Fsp3) is 0.438. The minimum absolute atomic E-state index is 0.0714. The van der Waals surface area contributed by atoms with Gasteiger partial charge in [0.25, 0.3) is 0 Å². The Labute approximate surface area is 557 Å². The van der Waals surface area contributed by atoms with Crippen molar-refractivity contribution in [2.24, 2.45) is 0 Å². The first-order valence-corrected chi connectivity index (χ1v) is 32.6. The van der Waals surface area contributed by atoms with E-state index in [4.69, 9.17) is 27.9 Å². The van der Waals surface area contributed by atoms with Gasteiger partial charge in [0.15, 0.2) is 52.4 Å². The first kappa shape index (κ1) is 67.9. The summed E-state index contributed by atoms with van der Waals surface area (Å²) in [6.45, 7) is 16.8. The van der Waals surface area contributed by atoms with Crippen LogP contribution in [0.4, 0.5) is 48.6 Å². The topological polar surface area (TPSA) is 219 Å². The molecule has 3 aliphatic heterocycles. The van der Waals surface area contributed by atoms with Crippen molar-refractivity contribution >= 4 is 103 Å². The van der Waals surface area contributed by atoms with Crippen LogP contribution < -0.4 is 20.0 Å². The number of fused-ring (bicyclic) bond motifs is 3. The van der Waals surface area contributed by atoms with E-state index in [0.29, 0.717) is 115 Å². The number of alkyl halides is 2. The molecule has 1 N–H and O–H groups in total. The van der Waals surface area contributed by atoms with Crippen molar-refractivity contribution in [1.82, 2.24) is 74.4 Å². The second-order valence-corrected chi connectivity index (χ2v) is 25.9. The highest BCUT2D eigenvalue weighted by Crippen LogP contribution is 2.45. The number of anilines is 3. The molecular formula is C64H69Cl3F6N18O4. The zero-order valence-corrected chi connectivity index (χ0v) is 55.0. The number of nitrogens with zero attached hydrogens (tertiary/aromatic N) is 17. The van der Waals surface area contributed by atoms with Gasteiger partial charge in [-0.05, 0) is 89.1 Å². The van der Waals surface area contributed by atoms with Crippen LogP contribution in [-0.2, 0) is 14.3 Å². The zero-order valence-electron chi connectivity index (χ0n) is 52.7. The first-order chi connectivity index (χ1) is 45.6. The van der Waals surface area contributed by atoms with Gasteiger partial charge in [0.05, 0.1) is 57.0 Å². The van der Waals surface area contributed by atoms with Crippen molar-refractivity contribution in [2.75, 3.05) is 98.6 Å². The number of piperazine rings is 3. The molecule has 6 fully saturated rings. The molecule has 3 saturated heterocycles. The van der Waals surface area contributed by atoms with Crippen LogP contribution in [0.15, 0.2) is 73.2 Å². The van der Waals surface area contributed by atoms with Crippen molar-refractivity contribution < 1.29 is 45.5 Å². The fourth-order valence-corrected chi connectivity index (χ4v) is 11.5. The van der Waals surface area contributed by atoms with Crippen LogP contribution in [0.1, 0.15) is 91.3 Å². The number of rotatable bonds is 9. The Balaban J connectivity index is 0.000000139. The quantitative estimate of drug-likeness (QED) is 0.0806. The standard InChI is InChI=1S/C23H26F2N6O2.C20H20F2N6O.C18H18F2N6.C2H3ClO.CH2Cl2/c1-23(2,3)33-22(32)30-8-6-29(7-9-30)20-10-14(13-26-28-20)21-27-18-11-16(24)17(25)12-19(18)31(21)15-4-5-15;1-12(29)26-4-6-27(7-5-26)19-8-13(11-23-25-19)20-24-17-9-15(21)16(22)10-18(17)28(20)14-2-3-14;19-13-8-15-16(9-14(13)20)26(12-1-2-12)18(23-15)11-7-17(24-22-10-11)25-5-3-21-4-6-25;1-2(3)4;2-1-3/h10-13,15H,4-9H2,1-3H3;8-11,14H,2-7H2,1H3;7-10,12,21H,1-6H2;1H3;1H2. The molecule has 9 aromatic rings. The minimum atomic E-state index is -0.911. The number of carbonyl (C=O) groups excluding carboxylic acids is 3. The van der Waals surface area contributed by atoms with Crippen molar-refractivity contribution in [3.63, 3.8) is 0 Å². The molecule has 0 spiro atoms. The average molecular weight is 1370 g/mol. The number of imidazole rings is 3. The SMILES string of the molecule is CC(=O)Cl.CC(=O)N1CCN(c2cc(-c3nc4cc(F)c(F)cc4n3C3CC3)cnn2)CC1.CC(C)(C)OC(=O)N1CCN(c2cc(-c3nc4cc(F)c(F)cc4n3C3CC3)cnn2)CC1.ClCCl.Fc1cc2nc(-c3cnnc(N4CCNCC4)c3)n(C3CC3)c2cc1F. The number of hydrogen-bond acceptors (Lipinski definition) is 17. The van der Waals surface area contributed by atoms with Crippen molar-refractivity contribution in [2.45, 2.75) is 96.9 Å². The van der Waals surface area contributed by atoms with Crippen LogP contribution in [0.5, 0.6) is 0 Å². The predicted octanol–water partition coefficient (Wildman–Crippen LogP) is 11.6. The smallest absolute Gasteiger partial charge is 0.410 e. The number of hydrogen-bond donors (Lipinski definition) is 1. The van der Waals surface area contributed by atoms with E-state index in [1.165, 1.54) is 31.2 Å². The van der Waals surface area contributed by atoms with Crippen molar-refractivity contribution in [3.8, 4) is 34.2 Å². The molecule has 0 bridgehead atoms. The highest BCUT2D eigenvalue weighted by atomic mass is 35.5. The Morgan fingerprint density at radius 1 is 0.484 bits per heavy atom. The summed E-state index contributed by atoms with van der Waals surface area (Å²) in [4.78, 5) is 56.7. The van der Waals surface area contributed by atoms with Gasteiger partial charge in [-0.2, -0.15) is 15.3 Å². The lowest BCUT2D eigenvalue weighted by atomic mass is 10.2. The molecule has 3 aromatic carbocycles. The molecule has 0 radical (unpaired) electrons. The third-order valence-corrected chi connectivity index (χ3v) is 16.4. The molecular weight excluding hydrogens is 1310 g/mol. The lowest BCUT2D eigenvalue weighted by molar-refractivity contribution is -0.129. The maximum atomic E-state index is 13.9. The van der Waals surface area contributed by atoms with E-state index in [-0.39, 0.29) is 40.7 Å². The van der Waals surface area contributed by atoms with Gasteiger partial charge in [0.1, 0.15) is 23.1 Å². The Morgan fingerprint density at radius 2 is 0.779 bits per heavy atom. The molecule has 15 rings (SSSR count). The highest BCUT2D eigenvalue weighted by molar-refractivity contribution is 6.62. The lowest BCUT2D eigenvalue weighted by Gasteiger charge is -2.36. The Bertz CT molecular complexity index is 4270. The summed E-state index contributed by atoms with van der Waals surface area (Å²) >= 11 is 14.2.